The molecule has 1 rings (SSSR count). The van der Waals surface area contributed by atoms with E-state index in [0.29, 0.717) is 6.54 Å². The molecule has 1 amide bonds. The molecule has 0 saturated carbocycles. The molecule has 0 radical (unpaired) electrons. The first kappa shape index (κ1) is 9.80. The van der Waals surface area contributed by atoms with Crippen LogP contribution < -0.4 is 5.32 Å². The van der Waals surface area contributed by atoms with Crippen LogP contribution in [0.3, 0.4) is 0 Å². The Kier molecular flexibility index (Phi) is 3.52. The van der Waals surface area contributed by atoms with Crippen LogP contribution in [0.15, 0.2) is 18.5 Å². The number of aliphatic hydroxyl groups excluding tert-OH is 1. The second-order valence-electron chi connectivity index (χ2n) is 2.94. The van der Waals surface area contributed by atoms with Crippen LogP contribution >= 0.6 is 0 Å². The zero-order valence-electron chi connectivity index (χ0n) is 7.58. The van der Waals surface area contributed by atoms with E-state index in [2.05, 4.69) is 10.3 Å². The molecule has 0 spiro atoms. The van der Waals surface area contributed by atoms with Crippen molar-refractivity contribution in [3.8, 4) is 0 Å². The highest BCUT2D eigenvalue weighted by atomic mass is 16.3. The summed E-state index contributed by atoms with van der Waals surface area (Å²) in [6.45, 7) is 2.01. The maximum Gasteiger partial charge on any atom is 0.248 e. The van der Waals surface area contributed by atoms with Gasteiger partial charge in [-0.3, -0.25) is 4.79 Å². The van der Waals surface area contributed by atoms with E-state index in [1.807, 2.05) is 18.5 Å². The molecule has 13 heavy (non-hydrogen) atoms. The van der Waals surface area contributed by atoms with Crippen molar-refractivity contribution in [2.75, 3.05) is 6.54 Å². The molecular formula is C9H14N2O2. The molecule has 1 aromatic heterocycles. The number of aromatic amines is 1. The summed E-state index contributed by atoms with van der Waals surface area (Å²) in [7, 11) is 0. The number of hydrogen-bond donors (Lipinski definition) is 3. The molecular weight excluding hydrogens is 168 g/mol. The largest absolute Gasteiger partial charge is 0.384 e. The van der Waals surface area contributed by atoms with Gasteiger partial charge in [0, 0.05) is 18.9 Å². The van der Waals surface area contributed by atoms with Gasteiger partial charge in [-0.05, 0) is 25.0 Å². The van der Waals surface area contributed by atoms with E-state index in [9.17, 15) is 4.79 Å². The molecule has 1 aromatic rings. The Morgan fingerprint density at radius 2 is 2.54 bits per heavy atom. The van der Waals surface area contributed by atoms with Crippen LogP contribution in [0.4, 0.5) is 0 Å². The third-order valence-electron chi connectivity index (χ3n) is 1.75. The number of carbonyl (C=O) groups excluding carboxylic acids is 1. The number of aromatic nitrogens is 1. The van der Waals surface area contributed by atoms with Gasteiger partial charge in [-0.2, -0.15) is 0 Å². The fourth-order valence-electron chi connectivity index (χ4n) is 0.992. The van der Waals surface area contributed by atoms with Crippen molar-refractivity contribution < 1.29 is 9.90 Å². The highest BCUT2D eigenvalue weighted by molar-refractivity contribution is 5.79. The van der Waals surface area contributed by atoms with Gasteiger partial charge < -0.3 is 15.4 Å². The smallest absolute Gasteiger partial charge is 0.248 e. The second kappa shape index (κ2) is 4.67. The first-order valence-corrected chi connectivity index (χ1v) is 4.27. The lowest BCUT2D eigenvalue weighted by molar-refractivity contribution is -0.128. The number of rotatable bonds is 4. The van der Waals surface area contributed by atoms with E-state index < -0.39 is 6.10 Å². The van der Waals surface area contributed by atoms with Gasteiger partial charge >= 0.3 is 0 Å². The van der Waals surface area contributed by atoms with Crippen LogP contribution in [0.1, 0.15) is 12.5 Å². The summed E-state index contributed by atoms with van der Waals surface area (Å²) >= 11 is 0. The number of aliphatic hydroxyl groups is 1. The van der Waals surface area contributed by atoms with Crippen molar-refractivity contribution in [3.63, 3.8) is 0 Å². The molecule has 72 valence electrons. The minimum Gasteiger partial charge on any atom is -0.384 e. The van der Waals surface area contributed by atoms with Crippen molar-refractivity contribution in [3.05, 3.63) is 24.0 Å². The predicted octanol–water partition coefficient (Wildman–Crippen LogP) is 0.0542. The molecule has 4 nitrogen and oxygen atoms in total. The van der Waals surface area contributed by atoms with Crippen LogP contribution in [0, 0.1) is 0 Å². The maximum atomic E-state index is 10.9. The Hall–Kier alpha value is -1.29. The lowest BCUT2D eigenvalue weighted by Gasteiger charge is -2.05. The molecule has 0 aliphatic rings. The maximum absolute atomic E-state index is 10.9. The Labute approximate surface area is 77.0 Å². The number of amides is 1. The fraction of sp³-hybridized carbons (Fsp3) is 0.444. The zero-order valence-corrected chi connectivity index (χ0v) is 7.58. The van der Waals surface area contributed by atoms with Crippen LogP contribution in [0.5, 0.6) is 0 Å². The minimum absolute atomic E-state index is 0.324. The number of H-pyrrole nitrogens is 1. The van der Waals surface area contributed by atoms with E-state index in [0.717, 1.165) is 12.0 Å². The van der Waals surface area contributed by atoms with Crippen molar-refractivity contribution >= 4 is 5.91 Å². The number of nitrogens with one attached hydrogen (secondary N) is 2. The van der Waals surface area contributed by atoms with Crippen molar-refractivity contribution in [1.82, 2.24) is 10.3 Å². The Balaban J connectivity index is 2.18. The van der Waals surface area contributed by atoms with E-state index in [1.165, 1.54) is 6.92 Å². The second-order valence-corrected chi connectivity index (χ2v) is 2.94. The van der Waals surface area contributed by atoms with Crippen molar-refractivity contribution in [2.24, 2.45) is 0 Å². The summed E-state index contributed by atoms with van der Waals surface area (Å²) in [5.74, 6) is -0.324. The molecule has 1 atom stereocenters. The quantitative estimate of drug-likeness (QED) is 0.616. The summed E-state index contributed by atoms with van der Waals surface area (Å²) in [4.78, 5) is 13.8. The Morgan fingerprint density at radius 1 is 1.77 bits per heavy atom. The molecule has 3 N–H and O–H groups in total. The summed E-state index contributed by atoms with van der Waals surface area (Å²) in [5, 5.41) is 11.5. The summed E-state index contributed by atoms with van der Waals surface area (Å²) in [5.41, 5.74) is 1.14. The van der Waals surface area contributed by atoms with Crippen LogP contribution in [0.2, 0.25) is 0 Å². The molecule has 1 unspecified atom stereocenters. The molecule has 0 aliphatic carbocycles. The summed E-state index contributed by atoms with van der Waals surface area (Å²) in [6, 6.07) is 1.95. The van der Waals surface area contributed by atoms with Gasteiger partial charge in [0.2, 0.25) is 5.91 Å². The monoisotopic (exact) mass is 182 g/mol. The molecule has 0 fully saturated rings. The van der Waals surface area contributed by atoms with Crippen molar-refractivity contribution in [1.29, 1.82) is 0 Å². The van der Waals surface area contributed by atoms with Crippen LogP contribution in [-0.4, -0.2) is 28.6 Å². The first-order valence-electron chi connectivity index (χ1n) is 4.27. The van der Waals surface area contributed by atoms with Gasteiger partial charge in [0.05, 0.1) is 0 Å². The zero-order chi connectivity index (χ0) is 9.68. The SMILES string of the molecule is CC(O)C(=O)NCCc1cc[nH]c1. The van der Waals surface area contributed by atoms with Gasteiger partial charge in [0.25, 0.3) is 0 Å². The molecule has 0 bridgehead atoms. The lowest BCUT2D eigenvalue weighted by Crippen LogP contribution is -2.33. The third-order valence-corrected chi connectivity index (χ3v) is 1.75. The minimum atomic E-state index is -0.925. The van der Waals surface area contributed by atoms with Crippen LogP contribution in [0.25, 0.3) is 0 Å². The Bertz CT molecular complexity index is 255. The lowest BCUT2D eigenvalue weighted by atomic mass is 10.2. The molecule has 0 saturated heterocycles. The predicted molar refractivity (Wildman–Crippen MR) is 49.2 cm³/mol. The molecule has 0 aliphatic heterocycles. The highest BCUT2D eigenvalue weighted by Crippen LogP contribution is 1.95. The van der Waals surface area contributed by atoms with Gasteiger partial charge in [-0.25, -0.2) is 0 Å². The van der Waals surface area contributed by atoms with E-state index in [1.54, 1.807) is 0 Å². The van der Waals surface area contributed by atoms with Gasteiger partial charge in [0.15, 0.2) is 0 Å². The van der Waals surface area contributed by atoms with E-state index >= 15 is 0 Å². The summed E-state index contributed by atoms with van der Waals surface area (Å²) in [6.07, 6.45) is 3.58. The fourth-order valence-corrected chi connectivity index (χ4v) is 0.992. The Morgan fingerprint density at radius 3 is 3.08 bits per heavy atom. The standard InChI is InChI=1S/C9H14N2O2/c1-7(12)9(13)11-5-3-8-2-4-10-6-8/h2,4,6-7,10,12H,3,5H2,1H3,(H,11,13). The third kappa shape index (κ3) is 3.29. The van der Waals surface area contributed by atoms with Crippen molar-refractivity contribution in [2.45, 2.75) is 19.4 Å². The molecule has 0 aromatic carbocycles. The van der Waals surface area contributed by atoms with Crippen LogP contribution in [-0.2, 0) is 11.2 Å². The van der Waals surface area contributed by atoms with Gasteiger partial charge in [-0.15, -0.1) is 0 Å². The summed E-state index contributed by atoms with van der Waals surface area (Å²) < 4.78 is 0. The topological polar surface area (TPSA) is 65.1 Å². The molecule has 1 heterocycles. The van der Waals surface area contributed by atoms with Gasteiger partial charge in [0.1, 0.15) is 6.10 Å². The number of hydrogen-bond acceptors (Lipinski definition) is 2. The molecule has 4 heteroatoms. The first-order chi connectivity index (χ1) is 6.20. The van der Waals surface area contributed by atoms with E-state index in [4.69, 9.17) is 5.11 Å². The average molecular weight is 182 g/mol. The average Bonchev–Trinajstić information content (AvgIpc) is 2.56. The highest BCUT2D eigenvalue weighted by Gasteiger charge is 2.06. The van der Waals surface area contributed by atoms with Gasteiger partial charge in [-0.1, -0.05) is 0 Å². The normalized spacial score (nSPS) is 12.5. The van der Waals surface area contributed by atoms with E-state index in [-0.39, 0.29) is 5.91 Å². The number of carbonyl (C=O) groups is 1.